The number of aromatic nitrogens is 3. The highest BCUT2D eigenvalue weighted by Gasteiger charge is 2.08. The Morgan fingerprint density at radius 1 is 1.56 bits per heavy atom. The maximum absolute atomic E-state index is 5.62. The summed E-state index contributed by atoms with van der Waals surface area (Å²) in [4.78, 5) is 8.60. The standard InChI is InChI=1S/C9H9BrN4S2/c1-2-7-13-9(16-14-7)15-8-6(10)3-5(11)4-12-8/h3-4H,2,11H2,1H3. The quantitative estimate of drug-likeness (QED) is 0.943. The maximum Gasteiger partial charge on any atom is 0.176 e. The molecule has 0 radical (unpaired) electrons. The molecule has 0 saturated heterocycles. The molecule has 0 amide bonds. The van der Waals surface area contributed by atoms with E-state index in [0.29, 0.717) is 5.69 Å². The van der Waals surface area contributed by atoms with E-state index in [2.05, 4.69) is 30.3 Å². The number of hydrogen-bond acceptors (Lipinski definition) is 6. The second-order valence-corrected chi connectivity index (χ2v) is 5.83. The lowest BCUT2D eigenvalue weighted by atomic mass is 10.4. The molecule has 0 aliphatic rings. The predicted octanol–water partition coefficient (Wildman–Crippen LogP) is 2.99. The summed E-state index contributed by atoms with van der Waals surface area (Å²) in [6, 6.07) is 1.83. The van der Waals surface area contributed by atoms with E-state index in [1.165, 1.54) is 23.3 Å². The summed E-state index contributed by atoms with van der Waals surface area (Å²) in [6.07, 6.45) is 2.49. The third-order valence-electron chi connectivity index (χ3n) is 1.78. The highest BCUT2D eigenvalue weighted by atomic mass is 79.9. The Hall–Kier alpha value is -0.660. The van der Waals surface area contributed by atoms with E-state index in [1.807, 2.05) is 13.0 Å². The Morgan fingerprint density at radius 2 is 2.38 bits per heavy atom. The van der Waals surface area contributed by atoms with Gasteiger partial charge in [0.05, 0.1) is 16.4 Å². The van der Waals surface area contributed by atoms with E-state index in [4.69, 9.17) is 5.73 Å². The van der Waals surface area contributed by atoms with Crippen molar-refractivity contribution in [1.82, 2.24) is 14.3 Å². The van der Waals surface area contributed by atoms with Crippen LogP contribution in [-0.4, -0.2) is 14.3 Å². The Bertz CT molecular complexity index is 500. The van der Waals surface area contributed by atoms with Crippen molar-refractivity contribution in [2.45, 2.75) is 22.7 Å². The van der Waals surface area contributed by atoms with Gasteiger partial charge in [-0.25, -0.2) is 9.97 Å². The Morgan fingerprint density at radius 3 is 3.00 bits per heavy atom. The molecule has 0 aliphatic carbocycles. The first kappa shape index (κ1) is 11.8. The number of nitrogens with two attached hydrogens (primary N) is 1. The van der Waals surface area contributed by atoms with Crippen molar-refractivity contribution in [1.29, 1.82) is 0 Å². The van der Waals surface area contributed by atoms with Crippen molar-refractivity contribution < 1.29 is 0 Å². The van der Waals surface area contributed by atoms with E-state index in [1.54, 1.807) is 6.20 Å². The van der Waals surface area contributed by atoms with Gasteiger partial charge in [-0.15, -0.1) is 0 Å². The predicted molar refractivity (Wildman–Crippen MR) is 69.8 cm³/mol. The molecule has 0 aliphatic heterocycles. The van der Waals surface area contributed by atoms with Gasteiger partial charge in [-0.1, -0.05) is 6.92 Å². The summed E-state index contributed by atoms with van der Waals surface area (Å²) >= 11 is 6.30. The van der Waals surface area contributed by atoms with Gasteiger partial charge in [0.2, 0.25) is 0 Å². The second-order valence-electron chi connectivity index (χ2n) is 2.99. The van der Waals surface area contributed by atoms with Crippen LogP contribution in [0.1, 0.15) is 12.7 Å². The van der Waals surface area contributed by atoms with Gasteiger partial charge in [-0.3, -0.25) is 0 Å². The molecule has 0 atom stereocenters. The molecule has 16 heavy (non-hydrogen) atoms. The zero-order valence-corrected chi connectivity index (χ0v) is 11.7. The van der Waals surface area contributed by atoms with Crippen molar-refractivity contribution in [3.63, 3.8) is 0 Å². The van der Waals surface area contributed by atoms with Gasteiger partial charge in [-0.05, 0) is 45.3 Å². The SMILES string of the molecule is CCc1nsc(Sc2ncc(N)cc2Br)n1. The van der Waals surface area contributed by atoms with Gasteiger partial charge in [-0.2, -0.15) is 4.37 Å². The number of nitrogen functional groups attached to an aromatic ring is 1. The fraction of sp³-hybridized carbons (Fsp3) is 0.222. The third-order valence-corrected chi connectivity index (χ3v) is 4.45. The van der Waals surface area contributed by atoms with Crippen molar-refractivity contribution in [3.8, 4) is 0 Å². The van der Waals surface area contributed by atoms with Crippen LogP contribution >= 0.6 is 39.2 Å². The van der Waals surface area contributed by atoms with Crippen LogP contribution in [0.15, 0.2) is 26.1 Å². The molecule has 0 aromatic carbocycles. The largest absolute Gasteiger partial charge is 0.397 e. The number of nitrogens with zero attached hydrogens (tertiary/aromatic N) is 3. The minimum absolute atomic E-state index is 0.641. The van der Waals surface area contributed by atoms with E-state index in [-0.39, 0.29) is 0 Å². The zero-order valence-electron chi connectivity index (χ0n) is 8.48. The molecular weight excluding hydrogens is 308 g/mol. The average Bonchev–Trinajstić information content (AvgIpc) is 2.70. The molecule has 0 saturated carbocycles. The topological polar surface area (TPSA) is 64.7 Å². The molecule has 2 aromatic rings. The van der Waals surface area contributed by atoms with Crippen LogP contribution in [0.5, 0.6) is 0 Å². The monoisotopic (exact) mass is 316 g/mol. The van der Waals surface area contributed by atoms with E-state index in [0.717, 1.165) is 26.1 Å². The number of halogens is 1. The highest BCUT2D eigenvalue weighted by Crippen LogP contribution is 2.33. The number of pyridine rings is 1. The molecule has 2 heterocycles. The first-order chi connectivity index (χ1) is 7.69. The molecule has 0 bridgehead atoms. The normalized spacial score (nSPS) is 10.6. The summed E-state index contributed by atoms with van der Waals surface area (Å²) < 4.78 is 6.00. The smallest absolute Gasteiger partial charge is 0.176 e. The number of hydrogen-bond donors (Lipinski definition) is 1. The van der Waals surface area contributed by atoms with Crippen molar-refractivity contribution >= 4 is 44.9 Å². The summed E-state index contributed by atoms with van der Waals surface area (Å²) in [5.41, 5.74) is 6.26. The lowest BCUT2D eigenvalue weighted by Crippen LogP contribution is -1.88. The Labute approximate surface area is 110 Å². The highest BCUT2D eigenvalue weighted by molar-refractivity contribution is 9.10. The van der Waals surface area contributed by atoms with Crippen LogP contribution in [0.25, 0.3) is 0 Å². The van der Waals surface area contributed by atoms with Crippen LogP contribution in [0, 0.1) is 0 Å². The van der Waals surface area contributed by atoms with Crippen molar-refractivity contribution in [2.75, 3.05) is 5.73 Å². The summed E-state index contributed by atoms with van der Waals surface area (Å²) in [6.45, 7) is 2.04. The van der Waals surface area contributed by atoms with Gasteiger partial charge in [0.15, 0.2) is 4.34 Å². The molecular formula is C9H9BrN4S2. The third kappa shape index (κ3) is 2.72. The van der Waals surface area contributed by atoms with Gasteiger partial charge < -0.3 is 5.73 Å². The first-order valence-corrected chi connectivity index (χ1v) is 6.98. The Kier molecular flexibility index (Phi) is 3.78. The molecule has 2 N–H and O–H groups in total. The number of aryl methyl sites for hydroxylation is 1. The average molecular weight is 317 g/mol. The molecule has 2 rings (SSSR count). The molecule has 0 fully saturated rings. The first-order valence-electron chi connectivity index (χ1n) is 4.60. The van der Waals surface area contributed by atoms with Gasteiger partial charge >= 0.3 is 0 Å². The van der Waals surface area contributed by atoms with Gasteiger partial charge in [0.1, 0.15) is 10.9 Å². The molecule has 4 nitrogen and oxygen atoms in total. The van der Waals surface area contributed by atoms with E-state index < -0.39 is 0 Å². The maximum atomic E-state index is 5.62. The minimum Gasteiger partial charge on any atom is -0.397 e. The lowest BCUT2D eigenvalue weighted by molar-refractivity contribution is 0.970. The molecule has 0 spiro atoms. The van der Waals surface area contributed by atoms with E-state index in [9.17, 15) is 0 Å². The van der Waals surface area contributed by atoms with Crippen LogP contribution in [-0.2, 0) is 6.42 Å². The summed E-state index contributed by atoms with van der Waals surface area (Å²) in [7, 11) is 0. The second kappa shape index (κ2) is 5.11. The number of anilines is 1. The fourth-order valence-corrected chi connectivity index (χ4v) is 3.21. The summed E-state index contributed by atoms with van der Waals surface area (Å²) in [5, 5.41) is 0.855. The summed E-state index contributed by atoms with van der Waals surface area (Å²) in [5.74, 6) is 0.874. The van der Waals surface area contributed by atoms with Crippen LogP contribution in [0.2, 0.25) is 0 Å². The van der Waals surface area contributed by atoms with E-state index >= 15 is 0 Å². The van der Waals surface area contributed by atoms with Crippen LogP contribution < -0.4 is 5.73 Å². The Balaban J connectivity index is 2.20. The molecule has 0 unspecified atom stereocenters. The molecule has 7 heteroatoms. The lowest BCUT2D eigenvalue weighted by Gasteiger charge is -2.00. The van der Waals surface area contributed by atoms with Crippen molar-refractivity contribution in [2.24, 2.45) is 0 Å². The van der Waals surface area contributed by atoms with Gasteiger partial charge in [0.25, 0.3) is 0 Å². The minimum atomic E-state index is 0.641. The number of rotatable bonds is 3. The molecule has 84 valence electrons. The fourth-order valence-electron chi connectivity index (χ4n) is 1.02. The van der Waals surface area contributed by atoms with Crippen molar-refractivity contribution in [3.05, 3.63) is 22.6 Å². The zero-order chi connectivity index (χ0) is 11.5. The van der Waals surface area contributed by atoms with Crippen LogP contribution in [0.3, 0.4) is 0 Å². The molecule has 2 aromatic heterocycles. The van der Waals surface area contributed by atoms with Gasteiger partial charge in [0, 0.05) is 6.42 Å². The van der Waals surface area contributed by atoms with Crippen LogP contribution in [0.4, 0.5) is 5.69 Å².